The molecule has 5 nitrogen and oxygen atoms in total. The van der Waals surface area contributed by atoms with E-state index in [1.165, 1.54) is 0 Å². The zero-order chi connectivity index (χ0) is 14.6. The Bertz CT molecular complexity index is 557. The van der Waals surface area contributed by atoms with Crippen LogP contribution >= 0.6 is 0 Å². The molecule has 1 aromatic carbocycles. The summed E-state index contributed by atoms with van der Waals surface area (Å²) in [6, 6.07) is 9.66. The molecule has 1 fully saturated rings. The molecule has 0 radical (unpaired) electrons. The molecule has 1 amide bonds. The van der Waals surface area contributed by atoms with E-state index in [-0.39, 0.29) is 29.9 Å². The van der Waals surface area contributed by atoms with Gasteiger partial charge in [-0.05, 0) is 24.5 Å². The smallest absolute Gasteiger partial charge is 0.239 e. The number of anilines is 1. The molecule has 1 aliphatic rings. The second-order valence-electron chi connectivity index (χ2n) is 5.26. The third-order valence-electron chi connectivity index (χ3n) is 3.49. The van der Waals surface area contributed by atoms with Gasteiger partial charge in [-0.2, -0.15) is 0 Å². The lowest BCUT2D eigenvalue weighted by atomic mass is 10.1. The minimum Gasteiger partial charge on any atom is -0.365 e. The van der Waals surface area contributed by atoms with Crippen LogP contribution in [0.15, 0.2) is 30.3 Å². The number of nitrogens with one attached hydrogen (secondary N) is 1. The quantitative estimate of drug-likeness (QED) is 0.867. The van der Waals surface area contributed by atoms with Gasteiger partial charge in [0.2, 0.25) is 5.91 Å². The first kappa shape index (κ1) is 14.8. The number of sulfone groups is 1. The van der Waals surface area contributed by atoms with Crippen LogP contribution in [0.4, 0.5) is 5.69 Å². The summed E-state index contributed by atoms with van der Waals surface area (Å²) in [6.07, 6.45) is 0.650. The maximum absolute atomic E-state index is 11.8. The lowest BCUT2D eigenvalue weighted by Gasteiger charge is -2.19. The number of benzene rings is 1. The van der Waals surface area contributed by atoms with Crippen LogP contribution in [-0.2, 0) is 14.6 Å². The van der Waals surface area contributed by atoms with Gasteiger partial charge in [-0.3, -0.25) is 4.79 Å². The second-order valence-corrected chi connectivity index (χ2v) is 7.49. The average Bonchev–Trinajstić information content (AvgIpc) is 2.77. The number of amides is 1. The molecule has 1 aliphatic heterocycles. The summed E-state index contributed by atoms with van der Waals surface area (Å²) in [5.74, 6) is 0.422. The van der Waals surface area contributed by atoms with Gasteiger partial charge in [0.25, 0.3) is 0 Å². The van der Waals surface area contributed by atoms with Gasteiger partial charge in [0.1, 0.15) is 0 Å². The van der Waals surface area contributed by atoms with Gasteiger partial charge in [0.05, 0.1) is 18.1 Å². The van der Waals surface area contributed by atoms with Crippen LogP contribution in [0.2, 0.25) is 0 Å². The molecule has 1 unspecified atom stereocenters. The number of carbonyl (C=O) groups excluding carboxylic acids is 1. The fourth-order valence-electron chi connectivity index (χ4n) is 2.34. The van der Waals surface area contributed by atoms with E-state index in [0.717, 1.165) is 5.69 Å². The summed E-state index contributed by atoms with van der Waals surface area (Å²) in [5, 5.41) is 2.82. The summed E-state index contributed by atoms with van der Waals surface area (Å²) in [6.45, 7) is 0.712. The third-order valence-corrected chi connectivity index (χ3v) is 5.33. The summed E-state index contributed by atoms with van der Waals surface area (Å²) in [7, 11) is -1.02. The van der Waals surface area contributed by atoms with E-state index in [4.69, 9.17) is 0 Å². The van der Waals surface area contributed by atoms with Crippen molar-refractivity contribution in [1.29, 1.82) is 0 Å². The van der Waals surface area contributed by atoms with Gasteiger partial charge in [-0.15, -0.1) is 0 Å². The molecule has 6 heteroatoms. The molecular weight excluding hydrogens is 276 g/mol. The zero-order valence-corrected chi connectivity index (χ0v) is 12.4. The highest BCUT2D eigenvalue weighted by atomic mass is 32.2. The summed E-state index contributed by atoms with van der Waals surface area (Å²) in [5.41, 5.74) is 0.978. The molecular formula is C14H20N2O3S. The molecule has 0 saturated carbocycles. The fourth-order valence-corrected chi connectivity index (χ4v) is 4.20. The number of likely N-dealkylation sites (N-methyl/N-ethyl adjacent to an activating group) is 1. The molecule has 0 aromatic heterocycles. The van der Waals surface area contributed by atoms with E-state index in [1.54, 1.807) is 0 Å². The highest BCUT2D eigenvalue weighted by Gasteiger charge is 2.27. The molecule has 1 N–H and O–H groups in total. The molecule has 2 rings (SSSR count). The van der Waals surface area contributed by atoms with Crippen molar-refractivity contribution in [1.82, 2.24) is 5.32 Å². The lowest BCUT2D eigenvalue weighted by Crippen LogP contribution is -2.37. The van der Waals surface area contributed by atoms with Crippen molar-refractivity contribution in [3.63, 3.8) is 0 Å². The standard InChI is InChI=1S/C14H20N2O3S/c1-16(13-5-3-2-4-6-13)10-14(17)15-9-12-7-8-20(18,19)11-12/h2-6,12H,7-11H2,1H3,(H,15,17). The predicted octanol–water partition coefficient (Wildman–Crippen LogP) is 0.674. The van der Waals surface area contributed by atoms with Crippen molar-refractivity contribution in [3.8, 4) is 0 Å². The molecule has 20 heavy (non-hydrogen) atoms. The molecule has 1 saturated heterocycles. The van der Waals surface area contributed by atoms with Crippen LogP contribution in [0.25, 0.3) is 0 Å². The van der Waals surface area contributed by atoms with Crippen molar-refractivity contribution < 1.29 is 13.2 Å². The Hall–Kier alpha value is -1.56. The molecule has 1 heterocycles. The molecule has 110 valence electrons. The Morgan fingerprint density at radius 3 is 2.65 bits per heavy atom. The van der Waals surface area contributed by atoms with E-state index in [2.05, 4.69) is 5.32 Å². The van der Waals surface area contributed by atoms with Crippen LogP contribution in [0.1, 0.15) is 6.42 Å². The van der Waals surface area contributed by atoms with Crippen LogP contribution < -0.4 is 10.2 Å². The van der Waals surface area contributed by atoms with Gasteiger partial charge >= 0.3 is 0 Å². The molecule has 0 spiro atoms. The maximum Gasteiger partial charge on any atom is 0.239 e. The van der Waals surface area contributed by atoms with Crippen molar-refractivity contribution >= 4 is 21.4 Å². The second kappa shape index (κ2) is 6.26. The third kappa shape index (κ3) is 4.23. The van der Waals surface area contributed by atoms with Crippen molar-refractivity contribution in [2.24, 2.45) is 5.92 Å². The van der Waals surface area contributed by atoms with Crippen molar-refractivity contribution in [2.45, 2.75) is 6.42 Å². The summed E-state index contributed by atoms with van der Waals surface area (Å²) in [4.78, 5) is 13.7. The molecule has 0 bridgehead atoms. The van der Waals surface area contributed by atoms with Crippen molar-refractivity contribution in [3.05, 3.63) is 30.3 Å². The Labute approximate surface area is 119 Å². The van der Waals surface area contributed by atoms with Gasteiger partial charge in [0.15, 0.2) is 9.84 Å². The van der Waals surface area contributed by atoms with Crippen LogP contribution in [0.5, 0.6) is 0 Å². The maximum atomic E-state index is 11.8. The number of para-hydroxylation sites is 1. The SMILES string of the molecule is CN(CC(=O)NCC1CCS(=O)(=O)C1)c1ccccc1. The first-order valence-electron chi connectivity index (χ1n) is 6.69. The summed E-state index contributed by atoms with van der Waals surface area (Å²) < 4.78 is 22.7. The number of rotatable bonds is 5. The molecule has 1 aromatic rings. The number of hydrogen-bond acceptors (Lipinski definition) is 4. The zero-order valence-electron chi connectivity index (χ0n) is 11.6. The summed E-state index contributed by atoms with van der Waals surface area (Å²) >= 11 is 0. The van der Waals surface area contributed by atoms with Gasteiger partial charge in [0, 0.05) is 19.3 Å². The van der Waals surface area contributed by atoms with Gasteiger partial charge in [-0.25, -0.2) is 8.42 Å². The van der Waals surface area contributed by atoms with E-state index >= 15 is 0 Å². The Morgan fingerprint density at radius 2 is 2.05 bits per heavy atom. The predicted molar refractivity (Wildman–Crippen MR) is 79.5 cm³/mol. The van der Waals surface area contributed by atoms with E-state index in [0.29, 0.717) is 13.0 Å². The van der Waals surface area contributed by atoms with Crippen molar-refractivity contribution in [2.75, 3.05) is 36.5 Å². The number of carbonyl (C=O) groups is 1. The fraction of sp³-hybridized carbons (Fsp3) is 0.500. The van der Waals surface area contributed by atoms with Gasteiger partial charge < -0.3 is 10.2 Å². The van der Waals surface area contributed by atoms with Crippen LogP contribution in [0, 0.1) is 5.92 Å². The Balaban J connectivity index is 1.76. The minimum atomic E-state index is -2.87. The van der Waals surface area contributed by atoms with E-state index in [9.17, 15) is 13.2 Å². The first-order chi connectivity index (χ1) is 9.46. The topological polar surface area (TPSA) is 66.5 Å². The molecule has 1 atom stereocenters. The van der Waals surface area contributed by atoms with Gasteiger partial charge in [-0.1, -0.05) is 18.2 Å². The first-order valence-corrected chi connectivity index (χ1v) is 8.52. The lowest BCUT2D eigenvalue weighted by molar-refractivity contribution is -0.119. The number of nitrogens with zero attached hydrogens (tertiary/aromatic N) is 1. The monoisotopic (exact) mass is 296 g/mol. The van der Waals surface area contributed by atoms with E-state index in [1.807, 2.05) is 42.3 Å². The Kier molecular flexibility index (Phi) is 4.65. The van der Waals surface area contributed by atoms with Crippen LogP contribution in [0.3, 0.4) is 0 Å². The highest BCUT2D eigenvalue weighted by molar-refractivity contribution is 7.91. The normalized spacial score (nSPS) is 20.6. The highest BCUT2D eigenvalue weighted by Crippen LogP contribution is 2.17. The van der Waals surface area contributed by atoms with E-state index < -0.39 is 9.84 Å². The Morgan fingerprint density at radius 1 is 1.35 bits per heavy atom. The average molecular weight is 296 g/mol. The minimum absolute atomic E-state index is 0.0611. The number of hydrogen-bond donors (Lipinski definition) is 1. The molecule has 0 aliphatic carbocycles. The van der Waals surface area contributed by atoms with Crippen LogP contribution in [-0.4, -0.2) is 46.0 Å². The largest absolute Gasteiger partial charge is 0.365 e.